The first-order valence-corrected chi connectivity index (χ1v) is 7.55. The summed E-state index contributed by atoms with van der Waals surface area (Å²) in [5, 5.41) is 8.09. The summed E-state index contributed by atoms with van der Waals surface area (Å²) < 4.78 is 40.0. The molecule has 108 valence electrons. The minimum Gasteiger partial charge on any atom is -0.455 e. The topological polar surface area (TPSA) is 103 Å². The van der Waals surface area contributed by atoms with E-state index in [4.69, 9.17) is 13.7 Å². The van der Waals surface area contributed by atoms with Crippen molar-refractivity contribution in [2.24, 2.45) is 5.92 Å². The monoisotopic (exact) mass is 299 g/mol. The Morgan fingerprint density at radius 3 is 2.70 bits per heavy atom. The molecule has 0 spiro atoms. The summed E-state index contributed by atoms with van der Waals surface area (Å²) in [6.45, 7) is 6.49. The number of fused-ring (bicyclic) bond motifs is 1. The van der Waals surface area contributed by atoms with E-state index in [-0.39, 0.29) is 5.57 Å². The molecule has 3 aliphatic heterocycles. The van der Waals surface area contributed by atoms with E-state index in [0.717, 1.165) is 0 Å². The lowest BCUT2D eigenvalue weighted by molar-refractivity contribution is -0.147. The molecular formula is C12H13NO6S. The number of ether oxygens (including phenoxy) is 2. The van der Waals surface area contributed by atoms with Gasteiger partial charge in [-0.05, 0) is 13.8 Å². The Bertz CT molecular complexity index is 649. The Hall–Kier alpha value is -1.43. The molecule has 0 N–H and O–H groups in total. The lowest BCUT2D eigenvalue weighted by Gasteiger charge is -2.28. The van der Waals surface area contributed by atoms with E-state index in [0.29, 0.717) is 0 Å². The van der Waals surface area contributed by atoms with Crippen LogP contribution in [0.25, 0.3) is 0 Å². The molecule has 0 aromatic heterocycles. The number of rotatable bonds is 2. The number of nitriles is 1. The van der Waals surface area contributed by atoms with Crippen molar-refractivity contribution >= 4 is 16.1 Å². The second-order valence-electron chi connectivity index (χ2n) is 5.50. The average molecular weight is 299 g/mol. The quantitative estimate of drug-likeness (QED) is 0.398. The first-order valence-electron chi connectivity index (χ1n) is 6.08. The van der Waals surface area contributed by atoms with Gasteiger partial charge in [0.2, 0.25) is 0 Å². The zero-order valence-corrected chi connectivity index (χ0v) is 11.7. The third kappa shape index (κ3) is 1.45. The van der Waals surface area contributed by atoms with Crippen molar-refractivity contribution in [3.05, 3.63) is 12.2 Å². The Labute approximate surface area is 116 Å². The van der Waals surface area contributed by atoms with Gasteiger partial charge in [-0.25, -0.2) is 4.79 Å². The minimum absolute atomic E-state index is 0.152. The molecule has 8 heteroatoms. The van der Waals surface area contributed by atoms with Crippen molar-refractivity contribution in [1.82, 2.24) is 0 Å². The highest BCUT2D eigenvalue weighted by molar-refractivity contribution is 7.87. The summed E-state index contributed by atoms with van der Waals surface area (Å²) in [7, 11) is -3.94. The second-order valence-corrected chi connectivity index (χ2v) is 7.19. The van der Waals surface area contributed by atoms with Crippen LogP contribution in [0.3, 0.4) is 0 Å². The number of carbonyl (C=O) groups excluding carboxylic acids is 1. The van der Waals surface area contributed by atoms with Crippen LogP contribution in [0.1, 0.15) is 13.8 Å². The molecule has 0 radical (unpaired) electrons. The van der Waals surface area contributed by atoms with Gasteiger partial charge >= 0.3 is 5.97 Å². The Balaban J connectivity index is 2.03. The molecule has 0 aromatic carbocycles. The molecule has 3 heterocycles. The molecule has 7 nitrogen and oxygen atoms in total. The minimum atomic E-state index is -3.94. The maximum atomic E-state index is 12.1. The first kappa shape index (κ1) is 13.5. The Kier molecular flexibility index (Phi) is 2.58. The van der Waals surface area contributed by atoms with Crippen LogP contribution >= 0.6 is 0 Å². The van der Waals surface area contributed by atoms with Gasteiger partial charge in [-0.1, -0.05) is 6.58 Å². The molecule has 0 aliphatic carbocycles. The van der Waals surface area contributed by atoms with Crippen LogP contribution in [0.15, 0.2) is 12.2 Å². The summed E-state index contributed by atoms with van der Waals surface area (Å²) in [6.07, 6.45) is -2.68. The molecule has 2 bridgehead atoms. The van der Waals surface area contributed by atoms with Gasteiger partial charge in [0.1, 0.15) is 23.7 Å². The second kappa shape index (κ2) is 3.81. The van der Waals surface area contributed by atoms with E-state index in [2.05, 4.69) is 6.58 Å². The van der Waals surface area contributed by atoms with E-state index in [1.165, 1.54) is 6.92 Å². The van der Waals surface area contributed by atoms with Crippen LogP contribution in [0.2, 0.25) is 0 Å². The molecule has 3 aliphatic rings. The van der Waals surface area contributed by atoms with Crippen molar-refractivity contribution in [1.29, 1.82) is 5.26 Å². The first-order chi connectivity index (χ1) is 9.22. The molecule has 3 saturated heterocycles. The van der Waals surface area contributed by atoms with Gasteiger partial charge < -0.3 is 9.47 Å². The molecule has 3 rings (SSSR count). The van der Waals surface area contributed by atoms with Crippen LogP contribution in [0, 0.1) is 17.2 Å². The average Bonchev–Trinajstić information content (AvgIpc) is 2.81. The Morgan fingerprint density at radius 1 is 1.50 bits per heavy atom. The van der Waals surface area contributed by atoms with Crippen molar-refractivity contribution < 1.29 is 26.9 Å². The van der Waals surface area contributed by atoms with Crippen molar-refractivity contribution in [2.75, 3.05) is 0 Å². The van der Waals surface area contributed by atoms with Crippen LogP contribution in [0.5, 0.6) is 0 Å². The standard InChI is InChI=1S/C12H13NO6S/c1-5(2)11(14)17-8-7-6(4-13)9-12(3,18-7)10(8)20(15,16)19-9/h6-10H,1H2,2-3H3. The van der Waals surface area contributed by atoms with Crippen LogP contribution in [-0.2, 0) is 28.6 Å². The van der Waals surface area contributed by atoms with E-state index in [1.54, 1.807) is 6.92 Å². The van der Waals surface area contributed by atoms with Crippen molar-refractivity contribution in [2.45, 2.75) is 43.0 Å². The molecule has 3 fully saturated rings. The fraction of sp³-hybridized carbons (Fsp3) is 0.667. The van der Waals surface area contributed by atoms with Crippen LogP contribution in [0.4, 0.5) is 0 Å². The third-order valence-corrected chi connectivity index (χ3v) is 5.95. The fourth-order valence-corrected chi connectivity index (χ4v) is 5.29. The van der Waals surface area contributed by atoms with E-state index in [1.807, 2.05) is 6.07 Å². The van der Waals surface area contributed by atoms with Crippen molar-refractivity contribution in [3.63, 3.8) is 0 Å². The molecule has 0 amide bonds. The molecule has 0 aromatic rings. The van der Waals surface area contributed by atoms with Gasteiger partial charge in [0.05, 0.1) is 6.07 Å². The van der Waals surface area contributed by atoms with E-state index >= 15 is 0 Å². The largest absolute Gasteiger partial charge is 0.455 e. The molecular weight excluding hydrogens is 286 g/mol. The lowest BCUT2D eigenvalue weighted by atomic mass is 9.78. The van der Waals surface area contributed by atoms with Gasteiger partial charge in [-0.2, -0.15) is 13.7 Å². The normalized spacial score (nSPS) is 47.0. The van der Waals surface area contributed by atoms with Gasteiger partial charge in [0.25, 0.3) is 10.1 Å². The maximum absolute atomic E-state index is 12.1. The molecule has 0 saturated carbocycles. The number of carbonyl (C=O) groups is 1. The zero-order valence-electron chi connectivity index (χ0n) is 10.9. The van der Waals surface area contributed by atoms with Crippen LogP contribution < -0.4 is 0 Å². The van der Waals surface area contributed by atoms with E-state index in [9.17, 15) is 18.5 Å². The number of hydrogen-bond donors (Lipinski definition) is 0. The van der Waals surface area contributed by atoms with Gasteiger partial charge in [-0.3, -0.25) is 4.18 Å². The number of hydrogen-bond acceptors (Lipinski definition) is 7. The molecule has 20 heavy (non-hydrogen) atoms. The maximum Gasteiger partial charge on any atom is 0.333 e. The predicted octanol–water partition coefficient (Wildman–Crippen LogP) is -0.118. The van der Waals surface area contributed by atoms with Crippen molar-refractivity contribution in [3.8, 4) is 6.07 Å². The predicted molar refractivity (Wildman–Crippen MR) is 64.7 cm³/mol. The molecule has 6 unspecified atom stereocenters. The zero-order chi connectivity index (χ0) is 14.9. The smallest absolute Gasteiger partial charge is 0.333 e. The third-order valence-electron chi connectivity index (χ3n) is 4.11. The summed E-state index contributed by atoms with van der Waals surface area (Å²) in [5.41, 5.74) is -0.997. The summed E-state index contributed by atoms with van der Waals surface area (Å²) in [6, 6.07) is 1.99. The fourth-order valence-electron chi connectivity index (χ4n) is 3.27. The highest BCUT2D eigenvalue weighted by atomic mass is 32.2. The Morgan fingerprint density at radius 2 is 2.15 bits per heavy atom. The lowest BCUT2D eigenvalue weighted by Crippen LogP contribution is -2.52. The molecule has 6 atom stereocenters. The van der Waals surface area contributed by atoms with Gasteiger partial charge in [0, 0.05) is 5.57 Å². The highest BCUT2D eigenvalue weighted by Gasteiger charge is 2.78. The van der Waals surface area contributed by atoms with Gasteiger partial charge in [0.15, 0.2) is 11.4 Å². The summed E-state index contributed by atoms with van der Waals surface area (Å²) in [4.78, 5) is 11.7. The van der Waals surface area contributed by atoms with Crippen LogP contribution in [-0.4, -0.2) is 43.5 Å². The summed E-state index contributed by atoms with van der Waals surface area (Å²) >= 11 is 0. The van der Waals surface area contributed by atoms with Gasteiger partial charge in [-0.15, -0.1) is 0 Å². The summed E-state index contributed by atoms with van der Waals surface area (Å²) in [5.74, 6) is -1.48. The number of esters is 1. The SMILES string of the molecule is C=C(C)C(=O)OC1C2OC3(C)C(OS(=O)(=O)C13)C2C#N. The van der Waals surface area contributed by atoms with E-state index < -0.39 is 51.2 Å². The number of nitrogens with zero attached hydrogens (tertiary/aromatic N) is 1. The highest BCUT2D eigenvalue weighted by Crippen LogP contribution is 2.57.